The van der Waals surface area contributed by atoms with Gasteiger partial charge < -0.3 is 21.1 Å². The molecule has 4 N–H and O–H groups in total. The molecule has 33 heavy (non-hydrogen) atoms. The molecule has 1 aliphatic heterocycles. The van der Waals surface area contributed by atoms with Gasteiger partial charge >= 0.3 is 0 Å². The third kappa shape index (κ3) is 4.97. The lowest BCUT2D eigenvalue weighted by Crippen LogP contribution is -2.37. The summed E-state index contributed by atoms with van der Waals surface area (Å²) in [5.74, 6) is -0.0941. The van der Waals surface area contributed by atoms with Crippen molar-refractivity contribution in [2.75, 3.05) is 31.9 Å². The van der Waals surface area contributed by atoms with Gasteiger partial charge in [-0.15, -0.1) is 0 Å². The predicted molar refractivity (Wildman–Crippen MR) is 129 cm³/mol. The van der Waals surface area contributed by atoms with Gasteiger partial charge in [-0.2, -0.15) is 5.26 Å². The van der Waals surface area contributed by atoms with Gasteiger partial charge in [-0.1, -0.05) is 36.8 Å². The highest BCUT2D eigenvalue weighted by molar-refractivity contribution is 6.02. The standard InChI is InChI=1S/C26H27N5O2/c27-17-22-21(16-23(30-25(22)28)20-10-4-5-11-24(20)32)18-8-2-3-9-19(18)26(33)29-12-15-31-13-6-1-7-14-31/h2-5,8-11,16,32H,1,6-7,12-15H2,(H2,28,30)(H,29,33). The summed E-state index contributed by atoms with van der Waals surface area (Å²) in [7, 11) is 0. The van der Waals surface area contributed by atoms with Crippen LogP contribution in [0.15, 0.2) is 54.6 Å². The van der Waals surface area contributed by atoms with E-state index in [-0.39, 0.29) is 23.0 Å². The Bertz CT molecular complexity index is 1200. The molecule has 1 fully saturated rings. The van der Waals surface area contributed by atoms with Crippen LogP contribution in [0.1, 0.15) is 35.2 Å². The summed E-state index contributed by atoms with van der Waals surface area (Å²) in [5, 5.41) is 23.1. The van der Waals surface area contributed by atoms with Gasteiger partial charge in [0, 0.05) is 29.8 Å². The quantitative estimate of drug-likeness (QED) is 0.536. The predicted octanol–water partition coefficient (Wildman–Crippen LogP) is 3.79. The molecule has 0 atom stereocenters. The van der Waals surface area contributed by atoms with Gasteiger partial charge in [-0.25, -0.2) is 4.98 Å². The summed E-state index contributed by atoms with van der Waals surface area (Å²) in [6.45, 7) is 3.52. The number of hydrogen-bond donors (Lipinski definition) is 3. The first-order valence-corrected chi connectivity index (χ1v) is 11.2. The number of anilines is 1. The highest BCUT2D eigenvalue weighted by Gasteiger charge is 2.20. The molecule has 7 nitrogen and oxygen atoms in total. The molecule has 0 unspecified atom stereocenters. The number of nitrogens with zero attached hydrogens (tertiary/aromatic N) is 3. The zero-order chi connectivity index (χ0) is 23.2. The highest BCUT2D eigenvalue weighted by Crippen LogP contribution is 2.35. The Labute approximate surface area is 193 Å². The topological polar surface area (TPSA) is 115 Å². The molecule has 4 rings (SSSR count). The van der Waals surface area contributed by atoms with Gasteiger partial charge in [0.1, 0.15) is 23.2 Å². The minimum atomic E-state index is -0.203. The first-order chi connectivity index (χ1) is 16.1. The van der Waals surface area contributed by atoms with Crippen molar-refractivity contribution in [3.63, 3.8) is 0 Å². The third-order valence-corrected chi connectivity index (χ3v) is 5.96. The van der Waals surface area contributed by atoms with E-state index in [1.807, 2.05) is 6.07 Å². The lowest BCUT2D eigenvalue weighted by Gasteiger charge is -2.26. The molecule has 1 saturated heterocycles. The molecule has 3 aromatic rings. The third-order valence-electron chi connectivity index (χ3n) is 5.96. The Balaban J connectivity index is 1.66. The van der Waals surface area contributed by atoms with E-state index in [9.17, 15) is 15.2 Å². The van der Waals surface area contributed by atoms with E-state index in [0.29, 0.717) is 34.5 Å². The van der Waals surface area contributed by atoms with Crippen LogP contribution in [-0.2, 0) is 0 Å². The van der Waals surface area contributed by atoms with E-state index >= 15 is 0 Å². The smallest absolute Gasteiger partial charge is 0.251 e. The number of para-hydroxylation sites is 1. The van der Waals surface area contributed by atoms with Gasteiger partial charge in [0.15, 0.2) is 0 Å². The zero-order valence-corrected chi connectivity index (χ0v) is 18.4. The number of rotatable bonds is 6. The van der Waals surface area contributed by atoms with Crippen LogP contribution < -0.4 is 11.1 Å². The van der Waals surface area contributed by atoms with Crippen molar-refractivity contribution >= 4 is 11.7 Å². The molecule has 1 aromatic heterocycles. The second-order valence-corrected chi connectivity index (χ2v) is 8.15. The number of aromatic nitrogens is 1. The average Bonchev–Trinajstić information content (AvgIpc) is 2.84. The van der Waals surface area contributed by atoms with Gasteiger partial charge in [0.05, 0.1) is 5.69 Å². The lowest BCUT2D eigenvalue weighted by atomic mass is 9.94. The molecule has 7 heteroatoms. The number of carbonyl (C=O) groups excluding carboxylic acids is 1. The Morgan fingerprint density at radius 3 is 2.48 bits per heavy atom. The number of nitrogen functional groups attached to an aromatic ring is 1. The number of likely N-dealkylation sites (tertiary alicyclic amines) is 1. The average molecular weight is 442 g/mol. The Morgan fingerprint density at radius 2 is 1.76 bits per heavy atom. The normalized spacial score (nSPS) is 13.9. The van der Waals surface area contributed by atoms with Crippen LogP contribution in [0.2, 0.25) is 0 Å². The molecule has 1 aliphatic rings. The van der Waals surface area contributed by atoms with Crippen LogP contribution in [0.5, 0.6) is 5.75 Å². The SMILES string of the molecule is N#Cc1c(-c2ccccc2C(=O)NCCN2CCCCC2)cc(-c2ccccc2O)nc1N. The number of nitriles is 1. The number of nitrogens with two attached hydrogens (primary N) is 1. The first-order valence-electron chi connectivity index (χ1n) is 11.2. The molecular weight excluding hydrogens is 414 g/mol. The minimum absolute atomic E-state index is 0.0496. The number of carbonyl (C=O) groups is 1. The minimum Gasteiger partial charge on any atom is -0.507 e. The largest absolute Gasteiger partial charge is 0.507 e. The fourth-order valence-corrected chi connectivity index (χ4v) is 4.24. The summed E-state index contributed by atoms with van der Waals surface area (Å²) in [5.41, 5.74) is 8.81. The molecule has 0 radical (unpaired) electrons. The van der Waals surface area contributed by atoms with Crippen LogP contribution in [0.3, 0.4) is 0 Å². The van der Waals surface area contributed by atoms with E-state index in [4.69, 9.17) is 5.73 Å². The summed E-state index contributed by atoms with van der Waals surface area (Å²) >= 11 is 0. The first kappa shape index (κ1) is 22.3. The molecule has 2 aromatic carbocycles. The van der Waals surface area contributed by atoms with E-state index in [1.54, 1.807) is 48.5 Å². The number of pyridine rings is 1. The van der Waals surface area contributed by atoms with Gasteiger partial charge in [-0.3, -0.25) is 4.79 Å². The lowest BCUT2D eigenvalue weighted by molar-refractivity contribution is 0.0947. The number of hydrogen-bond acceptors (Lipinski definition) is 6. The molecule has 0 aliphatic carbocycles. The second kappa shape index (κ2) is 10.2. The summed E-state index contributed by atoms with van der Waals surface area (Å²) < 4.78 is 0. The molecule has 0 spiro atoms. The van der Waals surface area contributed by atoms with Crippen molar-refractivity contribution in [1.82, 2.24) is 15.2 Å². The molecule has 168 valence electrons. The Kier molecular flexibility index (Phi) is 6.86. The van der Waals surface area contributed by atoms with E-state index in [0.717, 1.165) is 19.6 Å². The molecular formula is C26H27N5O2. The molecule has 0 saturated carbocycles. The van der Waals surface area contributed by atoms with Gasteiger partial charge in [0.25, 0.3) is 5.91 Å². The number of piperidine rings is 1. The fraction of sp³-hybridized carbons (Fsp3) is 0.269. The number of phenolic OH excluding ortho intramolecular Hbond substituents is 1. The van der Waals surface area contributed by atoms with Crippen molar-refractivity contribution in [3.05, 3.63) is 65.7 Å². The van der Waals surface area contributed by atoms with Gasteiger partial charge in [0.2, 0.25) is 0 Å². The Morgan fingerprint density at radius 1 is 1.06 bits per heavy atom. The monoisotopic (exact) mass is 441 g/mol. The number of aromatic hydroxyl groups is 1. The van der Waals surface area contributed by atoms with Crippen LogP contribution in [0.25, 0.3) is 22.4 Å². The van der Waals surface area contributed by atoms with Crippen molar-refractivity contribution in [2.24, 2.45) is 0 Å². The van der Waals surface area contributed by atoms with Crippen LogP contribution in [0.4, 0.5) is 5.82 Å². The summed E-state index contributed by atoms with van der Waals surface area (Å²) in [6, 6.07) is 17.8. The van der Waals surface area contributed by atoms with E-state index in [2.05, 4.69) is 21.3 Å². The number of phenols is 1. The van der Waals surface area contributed by atoms with E-state index in [1.165, 1.54) is 19.3 Å². The summed E-state index contributed by atoms with van der Waals surface area (Å²) in [4.78, 5) is 19.8. The maximum absolute atomic E-state index is 13.1. The van der Waals surface area contributed by atoms with Crippen molar-refractivity contribution in [2.45, 2.75) is 19.3 Å². The number of amides is 1. The molecule has 0 bridgehead atoms. The van der Waals surface area contributed by atoms with Crippen molar-refractivity contribution < 1.29 is 9.90 Å². The van der Waals surface area contributed by atoms with Gasteiger partial charge in [-0.05, 0) is 55.8 Å². The maximum atomic E-state index is 13.1. The number of nitrogens with one attached hydrogen (secondary N) is 1. The Hall–Kier alpha value is -3.89. The highest BCUT2D eigenvalue weighted by atomic mass is 16.3. The van der Waals surface area contributed by atoms with Crippen LogP contribution in [-0.4, -0.2) is 47.1 Å². The van der Waals surface area contributed by atoms with Crippen LogP contribution >= 0.6 is 0 Å². The van der Waals surface area contributed by atoms with Crippen molar-refractivity contribution in [1.29, 1.82) is 5.26 Å². The van der Waals surface area contributed by atoms with Crippen LogP contribution in [0, 0.1) is 11.3 Å². The number of benzene rings is 2. The van der Waals surface area contributed by atoms with Crippen molar-refractivity contribution in [3.8, 4) is 34.2 Å². The second-order valence-electron chi connectivity index (χ2n) is 8.15. The molecule has 1 amide bonds. The van der Waals surface area contributed by atoms with E-state index < -0.39 is 0 Å². The zero-order valence-electron chi connectivity index (χ0n) is 18.4. The fourth-order valence-electron chi connectivity index (χ4n) is 4.24. The summed E-state index contributed by atoms with van der Waals surface area (Å²) in [6.07, 6.45) is 3.68. The maximum Gasteiger partial charge on any atom is 0.251 e. The molecule has 2 heterocycles.